The molecule has 1 unspecified atom stereocenters. The second-order valence-corrected chi connectivity index (χ2v) is 6.19. The summed E-state index contributed by atoms with van der Waals surface area (Å²) < 4.78 is 0. The van der Waals surface area contributed by atoms with Gasteiger partial charge in [0.15, 0.2) is 0 Å². The van der Waals surface area contributed by atoms with Crippen LogP contribution in [0.4, 0.5) is 5.00 Å². The van der Waals surface area contributed by atoms with Gasteiger partial charge in [-0.2, -0.15) is 5.26 Å². The predicted molar refractivity (Wildman–Crippen MR) is 80.9 cm³/mol. The first-order valence-electron chi connectivity index (χ1n) is 6.86. The zero-order valence-electron chi connectivity index (χ0n) is 12.3. The van der Waals surface area contributed by atoms with E-state index in [0.29, 0.717) is 6.42 Å². The number of thiophene rings is 1. The maximum Gasteiger partial charge on any atom is 0.324 e. The Hall–Kier alpha value is -1.45. The minimum Gasteiger partial charge on any atom is -0.285 e. The quantitative estimate of drug-likeness (QED) is 0.542. The molecule has 0 aliphatic heterocycles. The zero-order valence-corrected chi connectivity index (χ0v) is 13.1. The lowest BCUT2D eigenvalue weighted by molar-refractivity contribution is -0.380. The molecular formula is C14H21N3O2S. The second kappa shape index (κ2) is 7.36. The van der Waals surface area contributed by atoms with Crippen molar-refractivity contribution in [3.63, 3.8) is 0 Å². The summed E-state index contributed by atoms with van der Waals surface area (Å²) in [4.78, 5) is 13.4. The Bertz CT molecular complexity index is 489. The molecule has 0 radical (unpaired) electrons. The van der Waals surface area contributed by atoms with Crippen LogP contribution in [0.5, 0.6) is 0 Å². The van der Waals surface area contributed by atoms with Crippen LogP contribution in [-0.2, 0) is 6.42 Å². The SMILES string of the molecule is CCCN(CCC)C(C)(C#N)Cc1ccc([N+](=O)[O-])s1. The first-order chi connectivity index (χ1) is 9.46. The maximum atomic E-state index is 10.7. The lowest BCUT2D eigenvalue weighted by Crippen LogP contribution is -2.47. The highest BCUT2D eigenvalue weighted by molar-refractivity contribution is 7.15. The molecule has 0 bridgehead atoms. The van der Waals surface area contributed by atoms with Gasteiger partial charge in [-0.25, -0.2) is 0 Å². The smallest absolute Gasteiger partial charge is 0.285 e. The molecule has 0 aromatic carbocycles. The van der Waals surface area contributed by atoms with E-state index in [1.807, 2.05) is 6.92 Å². The molecule has 1 heterocycles. The largest absolute Gasteiger partial charge is 0.324 e. The van der Waals surface area contributed by atoms with Crippen molar-refractivity contribution in [1.82, 2.24) is 4.90 Å². The molecular weight excluding hydrogens is 274 g/mol. The third kappa shape index (κ3) is 4.02. The summed E-state index contributed by atoms with van der Waals surface area (Å²) in [7, 11) is 0. The molecule has 5 nitrogen and oxygen atoms in total. The van der Waals surface area contributed by atoms with Crippen molar-refractivity contribution in [2.45, 2.75) is 45.6 Å². The summed E-state index contributed by atoms with van der Waals surface area (Å²) in [6.45, 7) is 7.84. The van der Waals surface area contributed by atoms with Gasteiger partial charge in [-0.15, -0.1) is 0 Å². The number of nitro groups is 1. The molecule has 0 spiro atoms. The average molecular weight is 295 g/mol. The first kappa shape index (κ1) is 16.6. The molecule has 0 saturated carbocycles. The molecule has 1 atom stereocenters. The summed E-state index contributed by atoms with van der Waals surface area (Å²) in [5.74, 6) is 0. The fraction of sp³-hybridized carbons (Fsp3) is 0.643. The van der Waals surface area contributed by atoms with Crippen LogP contribution in [0, 0.1) is 21.4 Å². The van der Waals surface area contributed by atoms with E-state index in [-0.39, 0.29) is 9.92 Å². The van der Waals surface area contributed by atoms with Crippen molar-refractivity contribution in [3.05, 3.63) is 27.1 Å². The van der Waals surface area contributed by atoms with Crippen molar-refractivity contribution in [2.24, 2.45) is 0 Å². The number of nitrogens with zero attached hydrogens (tertiary/aromatic N) is 3. The Kier molecular flexibility index (Phi) is 6.11. The lowest BCUT2D eigenvalue weighted by atomic mass is 9.95. The maximum absolute atomic E-state index is 10.7. The van der Waals surface area contributed by atoms with Crippen molar-refractivity contribution in [3.8, 4) is 6.07 Å². The summed E-state index contributed by atoms with van der Waals surface area (Å²) in [5.41, 5.74) is -0.606. The fourth-order valence-corrected chi connectivity index (χ4v) is 3.23. The molecule has 1 rings (SSSR count). The minimum atomic E-state index is -0.606. The van der Waals surface area contributed by atoms with E-state index in [2.05, 4.69) is 24.8 Å². The summed E-state index contributed by atoms with van der Waals surface area (Å²) in [6, 6.07) is 5.67. The van der Waals surface area contributed by atoms with E-state index in [1.165, 1.54) is 6.07 Å². The molecule has 0 saturated heterocycles. The lowest BCUT2D eigenvalue weighted by Gasteiger charge is -2.35. The summed E-state index contributed by atoms with van der Waals surface area (Å²) in [6.07, 6.45) is 2.51. The normalized spacial score (nSPS) is 13.9. The van der Waals surface area contributed by atoms with Gasteiger partial charge in [-0.3, -0.25) is 15.0 Å². The molecule has 0 fully saturated rings. The van der Waals surface area contributed by atoms with Gasteiger partial charge in [-0.1, -0.05) is 25.2 Å². The fourth-order valence-electron chi connectivity index (χ4n) is 2.27. The number of nitriles is 1. The van der Waals surface area contributed by atoms with Gasteiger partial charge in [0.2, 0.25) is 0 Å². The molecule has 0 amide bonds. The third-order valence-electron chi connectivity index (χ3n) is 3.27. The van der Waals surface area contributed by atoms with Crippen LogP contribution in [0.3, 0.4) is 0 Å². The summed E-state index contributed by atoms with van der Waals surface area (Å²) >= 11 is 1.16. The van der Waals surface area contributed by atoms with Crippen LogP contribution >= 0.6 is 11.3 Å². The van der Waals surface area contributed by atoms with Crippen LogP contribution in [0.15, 0.2) is 12.1 Å². The van der Waals surface area contributed by atoms with Gasteiger partial charge in [-0.05, 0) is 38.9 Å². The molecule has 0 N–H and O–H groups in total. The Morgan fingerprint density at radius 3 is 2.40 bits per heavy atom. The average Bonchev–Trinajstić information content (AvgIpc) is 2.87. The van der Waals surface area contributed by atoms with E-state index in [4.69, 9.17) is 0 Å². The minimum absolute atomic E-state index is 0.137. The Morgan fingerprint density at radius 1 is 1.40 bits per heavy atom. The van der Waals surface area contributed by atoms with E-state index >= 15 is 0 Å². The molecule has 1 aromatic rings. The Labute approximate surface area is 124 Å². The molecule has 0 aliphatic carbocycles. The standard InChI is InChI=1S/C14H21N3O2S/c1-4-8-16(9-5-2)14(3,11-15)10-12-6-7-13(20-12)17(18)19/h6-7H,4-5,8-10H2,1-3H3. The Morgan fingerprint density at radius 2 is 2.00 bits per heavy atom. The topological polar surface area (TPSA) is 70.2 Å². The predicted octanol–water partition coefficient (Wildman–Crippen LogP) is 3.60. The number of hydrogen-bond acceptors (Lipinski definition) is 5. The van der Waals surface area contributed by atoms with Gasteiger partial charge in [0, 0.05) is 17.4 Å². The van der Waals surface area contributed by atoms with Crippen LogP contribution in [0.2, 0.25) is 0 Å². The van der Waals surface area contributed by atoms with Gasteiger partial charge in [0.05, 0.1) is 11.0 Å². The van der Waals surface area contributed by atoms with E-state index < -0.39 is 5.54 Å². The van der Waals surface area contributed by atoms with Crippen LogP contribution in [0.25, 0.3) is 0 Å². The van der Waals surface area contributed by atoms with Crippen molar-refractivity contribution < 1.29 is 4.92 Å². The highest BCUT2D eigenvalue weighted by Crippen LogP contribution is 2.29. The van der Waals surface area contributed by atoms with Gasteiger partial charge in [0.25, 0.3) is 0 Å². The van der Waals surface area contributed by atoms with Crippen molar-refractivity contribution >= 4 is 16.3 Å². The molecule has 1 aromatic heterocycles. The van der Waals surface area contributed by atoms with Crippen molar-refractivity contribution in [2.75, 3.05) is 13.1 Å². The van der Waals surface area contributed by atoms with Gasteiger partial charge in [0.1, 0.15) is 5.54 Å². The zero-order chi connectivity index (χ0) is 15.2. The molecule has 20 heavy (non-hydrogen) atoms. The first-order valence-corrected chi connectivity index (χ1v) is 7.68. The summed E-state index contributed by atoms with van der Waals surface area (Å²) in [5, 5.41) is 20.4. The molecule has 110 valence electrons. The highest BCUT2D eigenvalue weighted by Gasteiger charge is 2.32. The Balaban J connectivity index is 2.91. The van der Waals surface area contributed by atoms with Crippen LogP contribution in [0.1, 0.15) is 38.5 Å². The monoisotopic (exact) mass is 295 g/mol. The molecule has 6 heteroatoms. The second-order valence-electron chi connectivity index (χ2n) is 5.05. The molecule has 0 aliphatic rings. The van der Waals surface area contributed by atoms with Gasteiger partial charge >= 0.3 is 5.00 Å². The van der Waals surface area contributed by atoms with Crippen LogP contribution < -0.4 is 0 Å². The van der Waals surface area contributed by atoms with Crippen LogP contribution in [-0.4, -0.2) is 28.5 Å². The van der Waals surface area contributed by atoms with Crippen molar-refractivity contribution in [1.29, 1.82) is 5.26 Å². The number of hydrogen-bond donors (Lipinski definition) is 0. The van der Waals surface area contributed by atoms with Gasteiger partial charge < -0.3 is 0 Å². The number of rotatable bonds is 8. The van der Waals surface area contributed by atoms with E-state index in [1.54, 1.807) is 6.07 Å². The highest BCUT2D eigenvalue weighted by atomic mass is 32.1. The third-order valence-corrected chi connectivity index (χ3v) is 4.31. The van der Waals surface area contributed by atoms with E-state index in [9.17, 15) is 15.4 Å². The van der Waals surface area contributed by atoms with E-state index in [0.717, 1.165) is 42.1 Å².